The Hall–Kier alpha value is -2.45. The molecule has 0 radical (unpaired) electrons. The van der Waals surface area contributed by atoms with Crippen molar-refractivity contribution >= 4 is 15.7 Å². The Bertz CT molecular complexity index is 850. The zero-order chi connectivity index (χ0) is 18.6. The van der Waals surface area contributed by atoms with E-state index in [1.54, 1.807) is 39.2 Å². The van der Waals surface area contributed by atoms with Crippen LogP contribution in [0.15, 0.2) is 53.4 Å². The summed E-state index contributed by atoms with van der Waals surface area (Å²) in [5.41, 5.74) is 0.648. The molecule has 0 amide bonds. The first-order valence-corrected chi connectivity index (χ1v) is 9.15. The Morgan fingerprint density at radius 2 is 1.84 bits per heavy atom. The van der Waals surface area contributed by atoms with E-state index in [4.69, 9.17) is 4.74 Å². The van der Waals surface area contributed by atoms with E-state index in [2.05, 4.69) is 0 Å². The van der Waals surface area contributed by atoms with Gasteiger partial charge in [0.15, 0.2) is 0 Å². The monoisotopic (exact) mass is 364 g/mol. The number of hydrogen-bond acceptors (Lipinski definition) is 5. The number of nitro benzene ring substituents is 1. The van der Waals surface area contributed by atoms with Crippen molar-refractivity contribution < 1.29 is 18.1 Å². The molecule has 25 heavy (non-hydrogen) atoms. The smallest absolute Gasteiger partial charge is 0.269 e. The molecule has 0 N–H and O–H groups in total. The molecule has 0 saturated heterocycles. The first-order chi connectivity index (χ1) is 11.8. The van der Waals surface area contributed by atoms with Crippen LogP contribution < -0.4 is 4.74 Å². The second-order valence-corrected chi connectivity index (χ2v) is 7.30. The SMILES string of the molecule is CCN([C@H](C)c1cccc(OC)c1)S(=O)(=O)c1ccc([N+](=O)[O-])cc1. The van der Waals surface area contributed by atoms with Crippen molar-refractivity contribution in [2.75, 3.05) is 13.7 Å². The number of benzene rings is 2. The molecule has 0 bridgehead atoms. The minimum Gasteiger partial charge on any atom is -0.497 e. The zero-order valence-corrected chi connectivity index (χ0v) is 15.1. The van der Waals surface area contributed by atoms with E-state index in [-0.39, 0.29) is 17.1 Å². The molecule has 0 heterocycles. The average Bonchev–Trinajstić information content (AvgIpc) is 2.62. The molecule has 0 aliphatic rings. The lowest BCUT2D eigenvalue weighted by Gasteiger charge is -2.27. The molecule has 0 unspecified atom stereocenters. The summed E-state index contributed by atoms with van der Waals surface area (Å²) < 4.78 is 32.4. The van der Waals surface area contributed by atoms with Gasteiger partial charge in [-0.25, -0.2) is 8.42 Å². The Morgan fingerprint density at radius 3 is 2.36 bits per heavy atom. The number of methoxy groups -OCH3 is 1. The molecule has 7 nitrogen and oxygen atoms in total. The Labute approximate surface area is 147 Å². The number of hydrogen-bond donors (Lipinski definition) is 0. The summed E-state index contributed by atoms with van der Waals surface area (Å²) in [6.07, 6.45) is 0. The van der Waals surface area contributed by atoms with Gasteiger partial charge in [0.2, 0.25) is 10.0 Å². The fourth-order valence-electron chi connectivity index (χ4n) is 2.59. The van der Waals surface area contributed by atoms with Gasteiger partial charge in [0.05, 0.1) is 16.9 Å². The lowest BCUT2D eigenvalue weighted by molar-refractivity contribution is -0.384. The number of sulfonamides is 1. The molecular weight excluding hydrogens is 344 g/mol. The van der Waals surface area contributed by atoms with Gasteiger partial charge in [-0.05, 0) is 36.8 Å². The van der Waals surface area contributed by atoms with Gasteiger partial charge in [-0.1, -0.05) is 19.1 Å². The molecule has 0 saturated carbocycles. The molecule has 2 aromatic rings. The van der Waals surface area contributed by atoms with E-state index in [1.165, 1.54) is 28.6 Å². The van der Waals surface area contributed by atoms with Gasteiger partial charge in [-0.15, -0.1) is 0 Å². The van der Waals surface area contributed by atoms with Crippen LogP contribution in [0.4, 0.5) is 5.69 Å². The van der Waals surface area contributed by atoms with Gasteiger partial charge in [-0.3, -0.25) is 10.1 Å². The van der Waals surface area contributed by atoms with Crippen LogP contribution in [0.25, 0.3) is 0 Å². The van der Waals surface area contributed by atoms with Crippen LogP contribution in [-0.4, -0.2) is 31.3 Å². The highest BCUT2D eigenvalue weighted by Gasteiger charge is 2.29. The van der Waals surface area contributed by atoms with E-state index in [1.807, 2.05) is 6.07 Å². The molecular formula is C17H20N2O5S. The van der Waals surface area contributed by atoms with Crippen LogP contribution >= 0.6 is 0 Å². The number of nitrogens with zero attached hydrogens (tertiary/aromatic N) is 2. The van der Waals surface area contributed by atoms with E-state index in [0.717, 1.165) is 5.56 Å². The quantitative estimate of drug-likeness (QED) is 0.555. The molecule has 0 aliphatic heterocycles. The van der Waals surface area contributed by atoms with Crippen molar-refractivity contribution in [3.05, 3.63) is 64.2 Å². The topological polar surface area (TPSA) is 89.8 Å². The summed E-state index contributed by atoms with van der Waals surface area (Å²) in [5, 5.41) is 10.7. The summed E-state index contributed by atoms with van der Waals surface area (Å²) in [6.45, 7) is 3.80. The highest BCUT2D eigenvalue weighted by Crippen LogP contribution is 2.29. The minimum atomic E-state index is -3.79. The summed E-state index contributed by atoms with van der Waals surface area (Å²) >= 11 is 0. The lowest BCUT2D eigenvalue weighted by atomic mass is 10.1. The van der Waals surface area contributed by atoms with Crippen LogP contribution in [0, 0.1) is 10.1 Å². The highest BCUT2D eigenvalue weighted by molar-refractivity contribution is 7.89. The molecule has 2 rings (SSSR count). The number of ether oxygens (including phenoxy) is 1. The molecule has 0 spiro atoms. The van der Waals surface area contributed by atoms with Gasteiger partial charge in [0.1, 0.15) is 5.75 Å². The predicted molar refractivity (Wildman–Crippen MR) is 94.1 cm³/mol. The van der Waals surface area contributed by atoms with Crippen LogP contribution in [0.1, 0.15) is 25.5 Å². The Morgan fingerprint density at radius 1 is 1.20 bits per heavy atom. The van der Waals surface area contributed by atoms with E-state index >= 15 is 0 Å². The van der Waals surface area contributed by atoms with Gasteiger partial charge in [0.25, 0.3) is 5.69 Å². The first-order valence-electron chi connectivity index (χ1n) is 7.71. The zero-order valence-electron chi connectivity index (χ0n) is 14.2. The summed E-state index contributed by atoms with van der Waals surface area (Å²) in [5.74, 6) is 0.646. The molecule has 134 valence electrons. The van der Waals surface area contributed by atoms with Gasteiger partial charge in [-0.2, -0.15) is 4.31 Å². The van der Waals surface area contributed by atoms with Crippen LogP contribution in [-0.2, 0) is 10.0 Å². The molecule has 8 heteroatoms. The largest absolute Gasteiger partial charge is 0.497 e. The molecule has 0 aliphatic carbocycles. The van der Waals surface area contributed by atoms with Crippen molar-refractivity contribution in [1.29, 1.82) is 0 Å². The van der Waals surface area contributed by atoms with Gasteiger partial charge in [0, 0.05) is 24.7 Å². The fourth-order valence-corrected chi connectivity index (χ4v) is 4.22. The number of non-ortho nitro benzene ring substituents is 1. The molecule has 0 fully saturated rings. The van der Waals surface area contributed by atoms with Gasteiger partial charge < -0.3 is 4.74 Å². The van der Waals surface area contributed by atoms with E-state index < -0.39 is 21.0 Å². The Kier molecular flexibility index (Phi) is 5.76. The number of rotatable bonds is 7. The third-order valence-corrected chi connectivity index (χ3v) is 6.03. The van der Waals surface area contributed by atoms with Crippen LogP contribution in [0.5, 0.6) is 5.75 Å². The van der Waals surface area contributed by atoms with Crippen LogP contribution in [0.2, 0.25) is 0 Å². The minimum absolute atomic E-state index is 0.0229. The third kappa shape index (κ3) is 3.97. The second-order valence-electron chi connectivity index (χ2n) is 5.41. The summed E-state index contributed by atoms with van der Waals surface area (Å²) in [6, 6.07) is 11.7. The van der Waals surface area contributed by atoms with Crippen molar-refractivity contribution in [3.63, 3.8) is 0 Å². The first kappa shape index (κ1) is 18.9. The van der Waals surface area contributed by atoms with Crippen molar-refractivity contribution in [1.82, 2.24) is 4.31 Å². The van der Waals surface area contributed by atoms with Crippen LogP contribution in [0.3, 0.4) is 0 Å². The maximum atomic E-state index is 12.9. The molecule has 2 aromatic carbocycles. The Balaban J connectivity index is 2.38. The van der Waals surface area contributed by atoms with E-state index in [9.17, 15) is 18.5 Å². The maximum absolute atomic E-state index is 12.9. The highest BCUT2D eigenvalue weighted by atomic mass is 32.2. The normalized spacial score (nSPS) is 12.8. The van der Waals surface area contributed by atoms with Gasteiger partial charge >= 0.3 is 0 Å². The number of nitro groups is 1. The molecule has 1 atom stereocenters. The summed E-state index contributed by atoms with van der Waals surface area (Å²) in [4.78, 5) is 10.2. The standard InChI is InChI=1S/C17H20N2O5S/c1-4-18(13(2)14-6-5-7-16(12-14)24-3)25(22,23)17-10-8-15(9-11-17)19(20)21/h5-13H,4H2,1-3H3/t13-/m1/s1. The lowest BCUT2D eigenvalue weighted by Crippen LogP contribution is -2.33. The molecule has 0 aromatic heterocycles. The van der Waals surface area contributed by atoms with Crippen molar-refractivity contribution in [3.8, 4) is 5.75 Å². The predicted octanol–water partition coefficient (Wildman–Crippen LogP) is 3.38. The maximum Gasteiger partial charge on any atom is 0.269 e. The summed E-state index contributed by atoms with van der Waals surface area (Å²) in [7, 11) is -2.24. The van der Waals surface area contributed by atoms with Crippen molar-refractivity contribution in [2.45, 2.75) is 24.8 Å². The third-order valence-electron chi connectivity index (χ3n) is 3.97. The van der Waals surface area contributed by atoms with Crippen molar-refractivity contribution in [2.24, 2.45) is 0 Å². The van der Waals surface area contributed by atoms with E-state index in [0.29, 0.717) is 5.75 Å². The average molecular weight is 364 g/mol. The second kappa shape index (κ2) is 7.62. The fraction of sp³-hybridized carbons (Fsp3) is 0.294.